The van der Waals surface area contributed by atoms with Crippen LogP contribution in [0, 0.1) is 0 Å². The van der Waals surface area contributed by atoms with Crippen LogP contribution in [0.2, 0.25) is 0 Å². The maximum atomic E-state index is 11.7. The Morgan fingerprint density at radius 1 is 1.26 bits per heavy atom. The molecule has 0 saturated heterocycles. The van der Waals surface area contributed by atoms with Gasteiger partial charge in [-0.05, 0) is 32.0 Å². The van der Waals surface area contributed by atoms with Crippen LogP contribution in [0.3, 0.4) is 0 Å². The Kier molecular flexibility index (Phi) is 3.40. The number of primary amides is 1. The third kappa shape index (κ3) is 2.46. The first-order valence-electron chi connectivity index (χ1n) is 7.11. The first-order valence-corrected chi connectivity index (χ1v) is 7.11. The molecule has 0 atom stereocenters. The number of aromatic nitrogens is 3. The molecule has 0 saturated carbocycles. The monoisotopic (exact) mass is 312 g/mol. The second-order valence-electron chi connectivity index (χ2n) is 5.59. The van der Waals surface area contributed by atoms with Crippen LogP contribution in [-0.2, 0) is 0 Å². The van der Waals surface area contributed by atoms with Gasteiger partial charge < -0.3 is 15.4 Å². The number of amides is 1. The van der Waals surface area contributed by atoms with E-state index in [1.807, 2.05) is 30.5 Å². The molecule has 3 aromatic rings. The number of carboxylic acids is 1. The summed E-state index contributed by atoms with van der Waals surface area (Å²) in [5.74, 6) is -1.54. The molecule has 7 heteroatoms. The number of rotatable bonds is 4. The highest BCUT2D eigenvalue weighted by atomic mass is 16.4. The molecule has 0 aliphatic heterocycles. The molecule has 118 valence electrons. The first-order chi connectivity index (χ1) is 10.9. The van der Waals surface area contributed by atoms with Crippen LogP contribution < -0.4 is 5.73 Å². The molecule has 2 heterocycles. The van der Waals surface area contributed by atoms with E-state index in [0.717, 1.165) is 10.9 Å². The molecule has 1 amide bonds. The van der Waals surface area contributed by atoms with Crippen molar-refractivity contribution < 1.29 is 14.7 Å². The Balaban J connectivity index is 2.19. The minimum atomic E-state index is -1.04. The third-order valence-electron chi connectivity index (χ3n) is 3.73. The SMILES string of the molecule is CC(C)n1cc(C(N)=O)c2cc(-n3cc(C(=O)O)cn3)ccc21. The van der Waals surface area contributed by atoms with Crippen molar-refractivity contribution in [2.75, 3.05) is 0 Å². The Morgan fingerprint density at radius 2 is 2.00 bits per heavy atom. The van der Waals surface area contributed by atoms with E-state index >= 15 is 0 Å². The largest absolute Gasteiger partial charge is 0.478 e. The number of aromatic carboxylic acids is 1. The van der Waals surface area contributed by atoms with Gasteiger partial charge in [0.1, 0.15) is 0 Å². The van der Waals surface area contributed by atoms with E-state index in [4.69, 9.17) is 10.8 Å². The van der Waals surface area contributed by atoms with Gasteiger partial charge in [-0.1, -0.05) is 0 Å². The van der Waals surface area contributed by atoms with Crippen molar-refractivity contribution in [1.82, 2.24) is 14.3 Å². The van der Waals surface area contributed by atoms with Crippen molar-refractivity contribution in [3.63, 3.8) is 0 Å². The molecule has 3 N–H and O–H groups in total. The zero-order chi connectivity index (χ0) is 16.7. The molecule has 0 spiro atoms. The number of carbonyl (C=O) groups excluding carboxylic acids is 1. The predicted octanol–water partition coefficient (Wildman–Crippen LogP) is 2.21. The van der Waals surface area contributed by atoms with Gasteiger partial charge in [-0.25, -0.2) is 9.48 Å². The Labute approximate surface area is 131 Å². The summed E-state index contributed by atoms with van der Waals surface area (Å²) in [5, 5.41) is 13.7. The minimum absolute atomic E-state index is 0.0972. The van der Waals surface area contributed by atoms with Crippen LogP contribution in [-0.4, -0.2) is 31.3 Å². The van der Waals surface area contributed by atoms with Gasteiger partial charge in [0.15, 0.2) is 0 Å². The van der Waals surface area contributed by atoms with Crippen molar-refractivity contribution >= 4 is 22.8 Å². The van der Waals surface area contributed by atoms with Crippen LogP contribution >= 0.6 is 0 Å². The lowest BCUT2D eigenvalue weighted by molar-refractivity contribution is 0.0696. The highest BCUT2D eigenvalue weighted by molar-refractivity contribution is 6.06. The smallest absolute Gasteiger partial charge is 0.338 e. The Bertz CT molecular complexity index is 921. The summed E-state index contributed by atoms with van der Waals surface area (Å²) in [7, 11) is 0. The topological polar surface area (TPSA) is 103 Å². The summed E-state index contributed by atoms with van der Waals surface area (Å²) in [6.07, 6.45) is 4.45. The zero-order valence-electron chi connectivity index (χ0n) is 12.7. The number of benzene rings is 1. The van der Waals surface area contributed by atoms with Crippen molar-refractivity contribution in [3.8, 4) is 5.69 Å². The lowest BCUT2D eigenvalue weighted by Crippen LogP contribution is -2.10. The summed E-state index contributed by atoms with van der Waals surface area (Å²) >= 11 is 0. The van der Waals surface area contributed by atoms with Crippen LogP contribution in [0.15, 0.2) is 36.8 Å². The molecule has 0 fully saturated rings. The van der Waals surface area contributed by atoms with Gasteiger partial charge in [0.2, 0.25) is 0 Å². The summed E-state index contributed by atoms with van der Waals surface area (Å²) in [6, 6.07) is 5.66. The first kappa shape index (κ1) is 14.8. The molecule has 0 bridgehead atoms. The summed E-state index contributed by atoms with van der Waals surface area (Å²) < 4.78 is 3.44. The van der Waals surface area contributed by atoms with Gasteiger partial charge in [-0.3, -0.25) is 4.79 Å². The standard InChI is InChI=1S/C16H16N4O3/c1-9(2)19-8-13(15(17)21)12-5-11(3-4-14(12)19)20-7-10(6-18-20)16(22)23/h3-9H,1-2H3,(H2,17,21)(H,22,23). The number of fused-ring (bicyclic) bond motifs is 1. The molecular formula is C16H16N4O3. The summed E-state index contributed by atoms with van der Waals surface area (Å²) in [4.78, 5) is 22.7. The van der Waals surface area contributed by atoms with E-state index in [-0.39, 0.29) is 11.6 Å². The van der Waals surface area contributed by atoms with E-state index in [1.165, 1.54) is 17.1 Å². The molecule has 0 aliphatic carbocycles. The van der Waals surface area contributed by atoms with Crippen molar-refractivity contribution in [2.45, 2.75) is 19.9 Å². The van der Waals surface area contributed by atoms with Crippen LogP contribution in [0.25, 0.3) is 16.6 Å². The van der Waals surface area contributed by atoms with E-state index in [2.05, 4.69) is 5.10 Å². The lowest BCUT2D eigenvalue weighted by atomic mass is 10.1. The highest BCUT2D eigenvalue weighted by Crippen LogP contribution is 2.27. The molecule has 7 nitrogen and oxygen atoms in total. The second kappa shape index (κ2) is 5.28. The molecule has 23 heavy (non-hydrogen) atoms. The van der Waals surface area contributed by atoms with Gasteiger partial charge in [-0.2, -0.15) is 5.10 Å². The maximum Gasteiger partial charge on any atom is 0.338 e. The van der Waals surface area contributed by atoms with Crippen molar-refractivity contribution in [2.24, 2.45) is 5.73 Å². The average molecular weight is 312 g/mol. The number of nitrogens with two attached hydrogens (primary N) is 1. The maximum absolute atomic E-state index is 11.7. The van der Waals surface area contributed by atoms with Crippen molar-refractivity contribution in [1.29, 1.82) is 0 Å². The molecule has 0 aliphatic rings. The van der Waals surface area contributed by atoms with E-state index in [9.17, 15) is 9.59 Å². The number of hydrogen-bond acceptors (Lipinski definition) is 3. The summed E-state index contributed by atoms with van der Waals surface area (Å²) in [6.45, 7) is 4.04. The fourth-order valence-corrected chi connectivity index (χ4v) is 2.58. The van der Waals surface area contributed by atoms with Crippen LogP contribution in [0.1, 0.15) is 40.6 Å². The average Bonchev–Trinajstić information content (AvgIpc) is 3.11. The molecule has 3 rings (SSSR count). The fraction of sp³-hybridized carbons (Fsp3) is 0.188. The predicted molar refractivity (Wildman–Crippen MR) is 84.9 cm³/mol. The van der Waals surface area contributed by atoms with Gasteiger partial charge in [-0.15, -0.1) is 0 Å². The van der Waals surface area contributed by atoms with Crippen LogP contribution in [0.5, 0.6) is 0 Å². The molecule has 0 radical (unpaired) electrons. The number of carboxylic acid groups (broad SMARTS) is 1. The van der Waals surface area contributed by atoms with Crippen molar-refractivity contribution in [3.05, 3.63) is 47.9 Å². The Hall–Kier alpha value is -3.09. The minimum Gasteiger partial charge on any atom is -0.478 e. The summed E-state index contributed by atoms with van der Waals surface area (Å²) in [5.41, 5.74) is 7.56. The van der Waals surface area contributed by atoms with Crippen LogP contribution in [0.4, 0.5) is 0 Å². The van der Waals surface area contributed by atoms with Gasteiger partial charge >= 0.3 is 5.97 Å². The zero-order valence-corrected chi connectivity index (χ0v) is 12.7. The molecular weight excluding hydrogens is 296 g/mol. The number of hydrogen-bond donors (Lipinski definition) is 2. The highest BCUT2D eigenvalue weighted by Gasteiger charge is 2.16. The van der Waals surface area contributed by atoms with E-state index in [0.29, 0.717) is 11.3 Å². The quantitative estimate of drug-likeness (QED) is 0.770. The van der Waals surface area contributed by atoms with Gasteiger partial charge in [0, 0.05) is 29.3 Å². The van der Waals surface area contributed by atoms with E-state index in [1.54, 1.807) is 12.3 Å². The fourth-order valence-electron chi connectivity index (χ4n) is 2.58. The molecule has 1 aromatic carbocycles. The lowest BCUT2D eigenvalue weighted by Gasteiger charge is -2.09. The second-order valence-corrected chi connectivity index (χ2v) is 5.59. The number of carbonyl (C=O) groups is 2. The molecule has 2 aromatic heterocycles. The third-order valence-corrected chi connectivity index (χ3v) is 3.73. The van der Waals surface area contributed by atoms with Gasteiger partial charge in [0.05, 0.1) is 23.0 Å². The molecule has 0 unspecified atom stereocenters. The van der Waals surface area contributed by atoms with Gasteiger partial charge in [0.25, 0.3) is 5.91 Å². The van der Waals surface area contributed by atoms with E-state index < -0.39 is 11.9 Å². The number of nitrogens with zero attached hydrogens (tertiary/aromatic N) is 3. The Morgan fingerprint density at radius 3 is 2.57 bits per heavy atom. The normalized spacial score (nSPS) is 11.3.